The minimum atomic E-state index is 0.0746. The Morgan fingerprint density at radius 3 is 2.83 bits per heavy atom. The molecule has 1 fully saturated rings. The minimum Gasteiger partial charge on any atom is -0.316 e. The number of thiazole rings is 1. The Hall–Kier alpha value is -1.72. The van der Waals surface area contributed by atoms with Gasteiger partial charge in [-0.3, -0.25) is 4.79 Å². The number of rotatable bonds is 6. The molecule has 1 amide bonds. The van der Waals surface area contributed by atoms with Crippen LogP contribution in [0, 0.1) is 5.92 Å². The fourth-order valence-electron chi connectivity index (χ4n) is 3.06. The Morgan fingerprint density at radius 2 is 2.17 bits per heavy atom. The van der Waals surface area contributed by atoms with Crippen LogP contribution in [0.4, 0.5) is 5.13 Å². The predicted octanol–water partition coefficient (Wildman–Crippen LogP) is 4.26. The summed E-state index contributed by atoms with van der Waals surface area (Å²) in [5.74, 6) is 1.09. The zero-order valence-corrected chi connectivity index (χ0v) is 15.2. The maximum atomic E-state index is 12.2. The van der Waals surface area contributed by atoms with Gasteiger partial charge in [-0.1, -0.05) is 44.2 Å². The van der Waals surface area contributed by atoms with Crippen molar-refractivity contribution in [2.75, 3.05) is 18.4 Å². The van der Waals surface area contributed by atoms with Crippen molar-refractivity contribution in [2.24, 2.45) is 5.92 Å². The molecule has 0 aliphatic carbocycles. The quantitative estimate of drug-likeness (QED) is 0.824. The lowest BCUT2D eigenvalue weighted by Crippen LogP contribution is -2.14. The lowest BCUT2D eigenvalue weighted by Gasteiger charge is -2.07. The molecule has 2 aromatic rings. The van der Waals surface area contributed by atoms with Gasteiger partial charge >= 0.3 is 0 Å². The van der Waals surface area contributed by atoms with Crippen molar-refractivity contribution in [3.8, 4) is 11.3 Å². The topological polar surface area (TPSA) is 54.0 Å². The molecule has 1 unspecified atom stereocenters. The monoisotopic (exact) mass is 343 g/mol. The number of carbonyl (C=O) groups is 1. The molecule has 0 radical (unpaired) electrons. The van der Waals surface area contributed by atoms with Crippen LogP contribution in [0.2, 0.25) is 0 Å². The molecule has 1 aromatic carbocycles. The van der Waals surface area contributed by atoms with E-state index in [0.29, 0.717) is 23.4 Å². The van der Waals surface area contributed by atoms with E-state index in [1.165, 1.54) is 11.3 Å². The summed E-state index contributed by atoms with van der Waals surface area (Å²) in [6.07, 6.45) is 2.70. The average Bonchev–Trinajstić information content (AvgIpc) is 3.23. The van der Waals surface area contributed by atoms with Gasteiger partial charge in [0.05, 0.1) is 5.69 Å². The van der Waals surface area contributed by atoms with Gasteiger partial charge in [0.1, 0.15) is 0 Å². The summed E-state index contributed by atoms with van der Waals surface area (Å²) >= 11 is 1.59. The Morgan fingerprint density at radius 1 is 1.38 bits per heavy atom. The number of amides is 1. The molecule has 1 aliphatic rings. The second kappa shape index (κ2) is 7.90. The van der Waals surface area contributed by atoms with E-state index in [9.17, 15) is 4.79 Å². The number of hydrogen-bond donors (Lipinski definition) is 2. The predicted molar refractivity (Wildman–Crippen MR) is 100 cm³/mol. The molecular weight excluding hydrogens is 318 g/mol. The first-order chi connectivity index (χ1) is 11.6. The zero-order valence-electron chi connectivity index (χ0n) is 14.3. The van der Waals surface area contributed by atoms with E-state index in [-0.39, 0.29) is 5.91 Å². The van der Waals surface area contributed by atoms with Gasteiger partial charge in [-0.2, -0.15) is 0 Å². The van der Waals surface area contributed by atoms with Gasteiger partial charge in [-0.15, -0.1) is 11.3 Å². The van der Waals surface area contributed by atoms with Crippen LogP contribution in [-0.2, 0) is 4.79 Å². The maximum absolute atomic E-state index is 12.2. The third-order valence-corrected chi connectivity index (χ3v) is 5.68. The number of carbonyl (C=O) groups excluding carboxylic acids is 1. The lowest BCUT2D eigenvalue weighted by atomic mass is 10.0. The van der Waals surface area contributed by atoms with Crippen LogP contribution < -0.4 is 10.6 Å². The zero-order chi connectivity index (χ0) is 16.9. The molecule has 1 atom stereocenters. The van der Waals surface area contributed by atoms with Gasteiger partial charge in [0.25, 0.3) is 0 Å². The molecule has 2 heterocycles. The van der Waals surface area contributed by atoms with Gasteiger partial charge < -0.3 is 10.6 Å². The number of hydrogen-bond acceptors (Lipinski definition) is 4. The van der Waals surface area contributed by atoms with Crippen LogP contribution in [-0.4, -0.2) is 24.0 Å². The second-order valence-corrected chi connectivity index (χ2v) is 7.73. The number of nitrogens with one attached hydrogen (secondary N) is 2. The van der Waals surface area contributed by atoms with Crippen molar-refractivity contribution < 1.29 is 4.79 Å². The standard InChI is InChI=1S/C19H25N3OS/c1-13(2)18-17(15-6-4-3-5-7-15)22-19(24-18)21-16(23)9-8-14-10-11-20-12-14/h3-7,13-14,20H,8-12H2,1-2H3,(H,21,22,23). The smallest absolute Gasteiger partial charge is 0.226 e. The van der Waals surface area contributed by atoms with E-state index in [0.717, 1.165) is 30.8 Å². The van der Waals surface area contributed by atoms with Crippen LogP contribution in [0.1, 0.15) is 43.9 Å². The van der Waals surface area contributed by atoms with Crippen LogP contribution in [0.15, 0.2) is 30.3 Å². The largest absolute Gasteiger partial charge is 0.316 e. The first kappa shape index (κ1) is 17.1. The average molecular weight is 343 g/mol. The summed E-state index contributed by atoms with van der Waals surface area (Å²) in [4.78, 5) is 18.1. The summed E-state index contributed by atoms with van der Waals surface area (Å²) in [6, 6.07) is 10.2. The fourth-order valence-corrected chi connectivity index (χ4v) is 4.06. The van der Waals surface area contributed by atoms with E-state index in [4.69, 9.17) is 4.98 Å². The van der Waals surface area contributed by atoms with Gasteiger partial charge in [0.15, 0.2) is 5.13 Å². The van der Waals surface area contributed by atoms with Crippen molar-refractivity contribution >= 4 is 22.4 Å². The third kappa shape index (κ3) is 4.22. The fraction of sp³-hybridized carbons (Fsp3) is 0.474. The van der Waals surface area contributed by atoms with Crippen molar-refractivity contribution in [3.63, 3.8) is 0 Å². The normalized spacial score (nSPS) is 17.4. The first-order valence-corrected chi connectivity index (χ1v) is 9.52. The summed E-state index contributed by atoms with van der Waals surface area (Å²) < 4.78 is 0. The molecule has 1 aromatic heterocycles. The summed E-state index contributed by atoms with van der Waals surface area (Å²) in [5, 5.41) is 7.06. The van der Waals surface area contributed by atoms with Crippen LogP contribution in [0.3, 0.4) is 0 Å². The van der Waals surface area contributed by atoms with Crippen molar-refractivity contribution in [1.82, 2.24) is 10.3 Å². The molecular formula is C19H25N3OS. The van der Waals surface area contributed by atoms with Gasteiger partial charge in [0.2, 0.25) is 5.91 Å². The van der Waals surface area contributed by atoms with Crippen LogP contribution >= 0.6 is 11.3 Å². The second-order valence-electron chi connectivity index (χ2n) is 6.70. The molecule has 2 N–H and O–H groups in total. The highest BCUT2D eigenvalue weighted by molar-refractivity contribution is 7.16. The number of aromatic nitrogens is 1. The molecule has 0 bridgehead atoms. The van der Waals surface area contributed by atoms with Crippen molar-refractivity contribution in [1.29, 1.82) is 0 Å². The SMILES string of the molecule is CC(C)c1sc(NC(=O)CCC2CCNC2)nc1-c1ccccc1. The van der Waals surface area contributed by atoms with E-state index in [1.54, 1.807) is 11.3 Å². The highest BCUT2D eigenvalue weighted by Gasteiger charge is 2.19. The Bertz CT molecular complexity index is 675. The minimum absolute atomic E-state index is 0.0746. The van der Waals surface area contributed by atoms with E-state index >= 15 is 0 Å². The number of nitrogens with zero attached hydrogens (tertiary/aromatic N) is 1. The van der Waals surface area contributed by atoms with Crippen LogP contribution in [0.5, 0.6) is 0 Å². The molecule has 0 saturated carbocycles. The van der Waals surface area contributed by atoms with Gasteiger partial charge in [0, 0.05) is 16.9 Å². The lowest BCUT2D eigenvalue weighted by molar-refractivity contribution is -0.116. The Labute approximate surface area is 147 Å². The van der Waals surface area contributed by atoms with E-state index in [1.807, 2.05) is 18.2 Å². The molecule has 128 valence electrons. The molecule has 1 aliphatic heterocycles. The Balaban J connectivity index is 1.68. The molecule has 24 heavy (non-hydrogen) atoms. The van der Waals surface area contributed by atoms with Gasteiger partial charge in [-0.25, -0.2) is 4.98 Å². The third-order valence-electron chi connectivity index (χ3n) is 4.41. The molecule has 1 saturated heterocycles. The summed E-state index contributed by atoms with van der Waals surface area (Å²) in [6.45, 7) is 6.45. The highest BCUT2D eigenvalue weighted by Crippen LogP contribution is 2.36. The molecule has 0 spiro atoms. The van der Waals surface area contributed by atoms with Crippen molar-refractivity contribution in [2.45, 2.75) is 39.0 Å². The van der Waals surface area contributed by atoms with Gasteiger partial charge in [-0.05, 0) is 37.8 Å². The van der Waals surface area contributed by atoms with E-state index < -0.39 is 0 Å². The number of benzene rings is 1. The summed E-state index contributed by atoms with van der Waals surface area (Å²) in [5.41, 5.74) is 2.10. The molecule has 4 nitrogen and oxygen atoms in total. The number of anilines is 1. The summed E-state index contributed by atoms with van der Waals surface area (Å²) in [7, 11) is 0. The first-order valence-electron chi connectivity index (χ1n) is 8.70. The van der Waals surface area contributed by atoms with Crippen LogP contribution in [0.25, 0.3) is 11.3 Å². The molecule has 3 rings (SSSR count). The maximum Gasteiger partial charge on any atom is 0.226 e. The van der Waals surface area contributed by atoms with E-state index in [2.05, 4.69) is 36.6 Å². The Kier molecular flexibility index (Phi) is 5.63. The molecule has 5 heteroatoms. The van der Waals surface area contributed by atoms with Crippen molar-refractivity contribution in [3.05, 3.63) is 35.2 Å². The highest BCUT2D eigenvalue weighted by atomic mass is 32.1.